The molecule has 1 aromatic carbocycles. The van der Waals surface area contributed by atoms with E-state index in [0.717, 1.165) is 13.0 Å². The average molecular weight is 593 g/mol. The molecule has 0 radical (unpaired) electrons. The summed E-state index contributed by atoms with van der Waals surface area (Å²) >= 11 is 0. The second kappa shape index (κ2) is 11.1. The Kier molecular flexibility index (Phi) is 7.80. The van der Waals surface area contributed by atoms with Gasteiger partial charge in [0.25, 0.3) is 5.91 Å². The van der Waals surface area contributed by atoms with Crippen LogP contribution in [-0.2, 0) is 16.0 Å². The minimum Gasteiger partial charge on any atom is -0.510 e. The minimum atomic E-state index is -2.68. The van der Waals surface area contributed by atoms with E-state index in [9.17, 15) is 34.8 Å². The highest BCUT2D eigenvalue weighted by Crippen LogP contribution is 2.53. The van der Waals surface area contributed by atoms with Gasteiger partial charge >= 0.3 is 0 Å². The van der Waals surface area contributed by atoms with Crippen LogP contribution < -0.4 is 10.5 Å². The predicted molar refractivity (Wildman–Crippen MR) is 156 cm³/mol. The van der Waals surface area contributed by atoms with Gasteiger partial charge in [-0.3, -0.25) is 19.3 Å². The van der Waals surface area contributed by atoms with Crippen LogP contribution in [0.4, 0.5) is 0 Å². The number of nitrogens with two attached hydrogens (primary N) is 1. The Morgan fingerprint density at radius 3 is 2.44 bits per heavy atom. The molecule has 5 rings (SSSR count). The van der Waals surface area contributed by atoms with E-state index in [4.69, 9.17) is 10.5 Å². The van der Waals surface area contributed by atoms with Crippen molar-refractivity contribution < 1.29 is 39.5 Å². The molecule has 228 valence electrons. The van der Waals surface area contributed by atoms with Gasteiger partial charge < -0.3 is 35.8 Å². The van der Waals surface area contributed by atoms with E-state index in [1.54, 1.807) is 32.4 Å². The van der Waals surface area contributed by atoms with Gasteiger partial charge in [-0.25, -0.2) is 4.98 Å². The highest BCUT2D eigenvalue weighted by atomic mass is 16.5. The summed E-state index contributed by atoms with van der Waals surface area (Å²) in [6, 6.07) is 5.54. The number of carbonyl (C=O) groups excluding carboxylic acids is 3. The lowest BCUT2D eigenvalue weighted by Gasteiger charge is -2.50. The standard InChI is InChI=1S/C31H36N4O8/c1-34(2)10-5-11-43-21-9-6-15(14-33-21)17-7-8-20(36)23-18(17)12-16-13-19-25(35(3)4)27(38)24(30(32)41)29(40)31(19,42)28(39)22(16)26(23)37/h6-9,14,16,19,25,36,38-39,42H,5,10-13H2,1-4H3,(H2,32,41)/t16-,19-,25-,31-/m0/s1. The lowest BCUT2D eigenvalue weighted by Crippen LogP contribution is -2.63. The van der Waals surface area contributed by atoms with Gasteiger partial charge in [0.2, 0.25) is 11.7 Å². The number of aliphatic hydroxyl groups excluding tert-OH is 2. The molecular formula is C31H36N4O8. The first-order valence-electron chi connectivity index (χ1n) is 14.0. The number of nitrogens with zero attached hydrogens (tertiary/aromatic N) is 3. The molecule has 0 aliphatic heterocycles. The summed E-state index contributed by atoms with van der Waals surface area (Å²) in [6.45, 7) is 1.38. The Morgan fingerprint density at radius 2 is 1.84 bits per heavy atom. The minimum absolute atomic E-state index is 0.0127. The molecule has 0 fully saturated rings. The zero-order valence-corrected chi connectivity index (χ0v) is 24.5. The SMILES string of the molecule is CN(C)CCCOc1ccc(-c2ccc(O)c3c2C[C@H]2C[C@H]4[C@H](N(C)C)C(O)=C(C(N)=O)C(=O)[C@@]4(O)C(O)=C2C3=O)cn1. The molecule has 12 heteroatoms. The molecule has 1 amide bonds. The van der Waals surface area contributed by atoms with Crippen molar-refractivity contribution in [1.29, 1.82) is 0 Å². The number of ether oxygens (including phenoxy) is 1. The predicted octanol–water partition coefficient (Wildman–Crippen LogP) is 1.51. The number of hydrogen-bond donors (Lipinski definition) is 5. The first-order valence-corrected chi connectivity index (χ1v) is 14.0. The van der Waals surface area contributed by atoms with Gasteiger partial charge in [-0.2, -0.15) is 0 Å². The first-order chi connectivity index (χ1) is 20.3. The first kappa shape index (κ1) is 30.2. The Balaban J connectivity index is 1.55. The van der Waals surface area contributed by atoms with Crippen LogP contribution in [0.3, 0.4) is 0 Å². The van der Waals surface area contributed by atoms with Gasteiger partial charge in [0.15, 0.2) is 11.4 Å². The van der Waals surface area contributed by atoms with Crippen molar-refractivity contribution in [2.75, 3.05) is 41.3 Å². The molecule has 0 saturated carbocycles. The number of aromatic hydroxyl groups is 1. The number of ketones is 2. The Morgan fingerprint density at radius 1 is 1.12 bits per heavy atom. The van der Waals surface area contributed by atoms with Gasteiger partial charge in [0.1, 0.15) is 22.8 Å². The van der Waals surface area contributed by atoms with Crippen LogP contribution in [0.5, 0.6) is 11.6 Å². The molecule has 6 N–H and O–H groups in total. The fourth-order valence-corrected chi connectivity index (χ4v) is 6.70. The quantitative estimate of drug-likeness (QED) is 0.221. The monoisotopic (exact) mass is 592 g/mol. The zero-order chi connectivity index (χ0) is 31.4. The number of amides is 1. The maximum absolute atomic E-state index is 13.9. The van der Waals surface area contributed by atoms with Crippen molar-refractivity contribution in [3.63, 3.8) is 0 Å². The number of hydrogen-bond acceptors (Lipinski definition) is 11. The van der Waals surface area contributed by atoms with E-state index in [1.807, 2.05) is 20.2 Å². The molecule has 0 spiro atoms. The summed E-state index contributed by atoms with van der Waals surface area (Å²) in [5, 5.41) is 44.9. The largest absolute Gasteiger partial charge is 0.510 e. The van der Waals surface area contributed by atoms with Crippen LogP contribution in [0.2, 0.25) is 0 Å². The van der Waals surface area contributed by atoms with Gasteiger partial charge in [0.05, 0.1) is 18.2 Å². The summed E-state index contributed by atoms with van der Waals surface area (Å²) in [6.07, 6.45) is 2.65. The number of allylic oxidation sites excluding steroid dienone is 1. The molecule has 4 atom stereocenters. The van der Waals surface area contributed by atoms with Crippen LogP contribution >= 0.6 is 0 Å². The molecule has 3 aliphatic rings. The third-order valence-electron chi connectivity index (χ3n) is 8.65. The Hall–Kier alpha value is -4.26. The van der Waals surface area contributed by atoms with Crippen molar-refractivity contribution in [3.05, 3.63) is 64.3 Å². The van der Waals surface area contributed by atoms with Crippen molar-refractivity contribution in [3.8, 4) is 22.8 Å². The van der Waals surface area contributed by atoms with E-state index in [-0.39, 0.29) is 29.7 Å². The number of Topliss-reactive ketones (excluding diaryl/α,β-unsaturated/α-hetero) is 2. The van der Waals surface area contributed by atoms with Gasteiger partial charge in [-0.05, 0) is 76.6 Å². The molecule has 1 aromatic heterocycles. The van der Waals surface area contributed by atoms with Crippen LogP contribution in [0.15, 0.2) is 53.1 Å². The number of aliphatic hydroxyl groups is 3. The van der Waals surface area contributed by atoms with Crippen molar-refractivity contribution in [1.82, 2.24) is 14.8 Å². The molecule has 43 heavy (non-hydrogen) atoms. The van der Waals surface area contributed by atoms with E-state index in [1.165, 1.54) is 11.0 Å². The summed E-state index contributed by atoms with van der Waals surface area (Å²) < 4.78 is 5.73. The number of pyridine rings is 1. The van der Waals surface area contributed by atoms with Crippen molar-refractivity contribution in [2.45, 2.75) is 30.9 Å². The molecule has 0 bridgehead atoms. The lowest BCUT2D eigenvalue weighted by atomic mass is 9.58. The van der Waals surface area contributed by atoms with E-state index in [0.29, 0.717) is 29.2 Å². The zero-order valence-electron chi connectivity index (χ0n) is 24.5. The number of aromatic nitrogens is 1. The van der Waals surface area contributed by atoms with E-state index in [2.05, 4.69) is 9.88 Å². The number of rotatable bonds is 8. The number of benzene rings is 1. The maximum atomic E-state index is 13.9. The van der Waals surface area contributed by atoms with Crippen LogP contribution in [0.25, 0.3) is 11.1 Å². The topological polar surface area (TPSA) is 187 Å². The second-order valence-corrected chi connectivity index (χ2v) is 11.8. The number of phenolic OH excluding ortho intramolecular Hbond substituents is 1. The number of carbonyl (C=O) groups is 3. The smallest absolute Gasteiger partial charge is 0.255 e. The third kappa shape index (κ3) is 4.85. The number of phenols is 1. The van der Waals surface area contributed by atoms with Crippen molar-refractivity contribution in [2.24, 2.45) is 17.6 Å². The van der Waals surface area contributed by atoms with Crippen LogP contribution in [-0.4, -0.2) is 106 Å². The molecule has 12 nitrogen and oxygen atoms in total. The highest BCUT2D eigenvalue weighted by Gasteiger charge is 2.63. The average Bonchev–Trinajstić information content (AvgIpc) is 2.93. The lowest BCUT2D eigenvalue weighted by molar-refractivity contribution is -0.148. The number of fused-ring (bicyclic) bond motifs is 3. The second-order valence-electron chi connectivity index (χ2n) is 11.8. The van der Waals surface area contributed by atoms with Crippen LogP contribution in [0.1, 0.15) is 28.8 Å². The molecular weight excluding hydrogens is 556 g/mol. The summed E-state index contributed by atoms with van der Waals surface area (Å²) in [4.78, 5) is 47.5. The molecule has 0 saturated heterocycles. The third-order valence-corrected chi connectivity index (χ3v) is 8.65. The number of likely N-dealkylation sites (N-methyl/N-ethyl adjacent to an activating group) is 1. The van der Waals surface area contributed by atoms with Gasteiger partial charge in [-0.15, -0.1) is 0 Å². The molecule has 2 aromatic rings. The number of primary amides is 1. The van der Waals surface area contributed by atoms with E-state index < -0.39 is 58.0 Å². The molecule has 0 unspecified atom stereocenters. The highest BCUT2D eigenvalue weighted by molar-refractivity contribution is 6.24. The summed E-state index contributed by atoms with van der Waals surface area (Å²) in [7, 11) is 7.15. The van der Waals surface area contributed by atoms with Gasteiger partial charge in [-0.1, -0.05) is 6.07 Å². The molecule has 3 aliphatic carbocycles. The van der Waals surface area contributed by atoms with Crippen molar-refractivity contribution >= 4 is 17.5 Å². The summed E-state index contributed by atoms with van der Waals surface area (Å²) in [5.74, 6) is -6.40. The fourth-order valence-electron chi connectivity index (χ4n) is 6.70. The van der Waals surface area contributed by atoms with E-state index >= 15 is 0 Å². The molecule has 1 heterocycles. The Bertz CT molecular complexity index is 1560. The summed E-state index contributed by atoms with van der Waals surface area (Å²) in [5.41, 5.74) is 3.47. The fraction of sp³-hybridized carbons (Fsp3) is 0.419. The van der Waals surface area contributed by atoms with Crippen LogP contribution in [0, 0.1) is 11.8 Å². The Labute approximate surface area is 248 Å². The van der Waals surface area contributed by atoms with Gasteiger partial charge in [0, 0.05) is 35.9 Å². The normalized spacial score (nSPS) is 25.1. The maximum Gasteiger partial charge on any atom is 0.255 e.